The molecule has 0 atom stereocenters. The van der Waals surface area contributed by atoms with Gasteiger partial charge in [-0.2, -0.15) is 0 Å². The van der Waals surface area contributed by atoms with E-state index in [0.717, 1.165) is 0 Å². The van der Waals surface area contributed by atoms with Crippen LogP contribution in [0, 0.1) is 0 Å². The number of nitrogens with one attached hydrogen (secondary N) is 2. The number of ether oxygens (including phenoxy) is 2. The maximum absolute atomic E-state index is 11.0. The Morgan fingerprint density at radius 3 is 2.30 bits per heavy atom. The van der Waals surface area contributed by atoms with Gasteiger partial charge in [-0.05, 0) is 34.0 Å². The number of benzene rings is 1. The van der Waals surface area contributed by atoms with Crippen LogP contribution in [0.15, 0.2) is 18.2 Å². The van der Waals surface area contributed by atoms with Crippen molar-refractivity contribution in [3.63, 3.8) is 0 Å². The molecule has 126 valence electrons. The second-order valence-electron chi connectivity index (χ2n) is 5.13. The first-order chi connectivity index (χ1) is 10.8. The molecule has 2 rings (SSSR count). The molecular formula is C16H22N2O5. The van der Waals surface area contributed by atoms with Crippen LogP contribution in [-0.2, 0) is 4.79 Å². The molecule has 7 nitrogen and oxygen atoms in total. The average molecular weight is 322 g/mol. The third kappa shape index (κ3) is 5.30. The van der Waals surface area contributed by atoms with Gasteiger partial charge in [-0.15, -0.1) is 0 Å². The van der Waals surface area contributed by atoms with E-state index >= 15 is 0 Å². The zero-order valence-electron chi connectivity index (χ0n) is 13.9. The highest BCUT2D eigenvalue weighted by molar-refractivity contribution is 5.97. The van der Waals surface area contributed by atoms with Crippen LogP contribution < -0.4 is 14.8 Å². The summed E-state index contributed by atoms with van der Waals surface area (Å²) in [6.45, 7) is 5.01. The molecule has 0 saturated heterocycles. The summed E-state index contributed by atoms with van der Waals surface area (Å²) in [5, 5.41) is 12.4. The van der Waals surface area contributed by atoms with E-state index in [1.165, 1.54) is 13.0 Å². The van der Waals surface area contributed by atoms with Crippen molar-refractivity contribution in [2.45, 2.75) is 26.9 Å². The fraction of sp³-hybridized carbons (Fsp3) is 0.375. The Balaban J connectivity index is 0.000000816. The second-order valence-corrected chi connectivity index (χ2v) is 5.13. The third-order valence-electron chi connectivity index (χ3n) is 2.53. The molecule has 0 fully saturated rings. The molecule has 0 aliphatic carbocycles. The van der Waals surface area contributed by atoms with Gasteiger partial charge < -0.3 is 24.9 Å². The highest BCUT2D eigenvalue weighted by Gasteiger charge is 2.14. The van der Waals surface area contributed by atoms with Crippen molar-refractivity contribution in [3.05, 3.63) is 23.9 Å². The highest BCUT2D eigenvalue weighted by atomic mass is 16.5. The number of rotatable bonds is 4. The van der Waals surface area contributed by atoms with Crippen LogP contribution in [-0.4, -0.2) is 42.2 Å². The fourth-order valence-electron chi connectivity index (χ4n) is 1.87. The normalized spacial score (nSPS) is 10.2. The number of carboxylic acid groups (broad SMARTS) is 1. The molecule has 0 aliphatic rings. The van der Waals surface area contributed by atoms with Crippen molar-refractivity contribution in [1.29, 1.82) is 0 Å². The van der Waals surface area contributed by atoms with Gasteiger partial charge in [0.15, 0.2) is 0 Å². The molecule has 2 aromatic rings. The van der Waals surface area contributed by atoms with Gasteiger partial charge in [-0.3, -0.25) is 4.79 Å². The molecule has 0 saturated carbocycles. The van der Waals surface area contributed by atoms with Gasteiger partial charge in [-0.1, -0.05) is 0 Å². The predicted octanol–water partition coefficient (Wildman–Crippen LogP) is 2.41. The lowest BCUT2D eigenvalue weighted by Gasteiger charge is -2.12. The zero-order chi connectivity index (χ0) is 17.6. The van der Waals surface area contributed by atoms with Gasteiger partial charge in [0.25, 0.3) is 0 Å². The van der Waals surface area contributed by atoms with E-state index in [-0.39, 0.29) is 11.8 Å². The van der Waals surface area contributed by atoms with Crippen LogP contribution >= 0.6 is 0 Å². The Labute approximate surface area is 134 Å². The first kappa shape index (κ1) is 18.5. The molecule has 1 aromatic heterocycles. The summed E-state index contributed by atoms with van der Waals surface area (Å²) < 4.78 is 10.7. The van der Waals surface area contributed by atoms with E-state index in [1.807, 2.05) is 27.9 Å². The summed E-state index contributed by atoms with van der Waals surface area (Å²) in [6.07, 6.45) is -0.0889. The molecule has 7 heteroatoms. The predicted molar refractivity (Wildman–Crippen MR) is 87.3 cm³/mol. The molecule has 0 unspecified atom stereocenters. The lowest BCUT2D eigenvalue weighted by Crippen LogP contribution is -2.07. The number of aromatic nitrogens is 1. The molecule has 0 spiro atoms. The van der Waals surface area contributed by atoms with Crippen LogP contribution in [0.3, 0.4) is 0 Å². The minimum Gasteiger partial charge on any atom is -0.490 e. The monoisotopic (exact) mass is 322 g/mol. The number of hydrogen-bond acceptors (Lipinski definition) is 5. The first-order valence-electron chi connectivity index (χ1n) is 7.12. The molecule has 0 bridgehead atoms. The number of carboxylic acids is 1. The topological polar surface area (TPSA) is 101 Å². The van der Waals surface area contributed by atoms with Gasteiger partial charge in [0.2, 0.25) is 0 Å². The lowest BCUT2D eigenvalue weighted by molar-refractivity contribution is -0.131. The number of H-pyrrole nitrogens is 1. The molecule has 3 N–H and O–H groups in total. The molecule has 1 heterocycles. The zero-order valence-corrected chi connectivity index (χ0v) is 13.9. The summed E-state index contributed by atoms with van der Waals surface area (Å²) in [7, 11) is 3.75. The highest BCUT2D eigenvalue weighted by Crippen LogP contribution is 2.32. The maximum Gasteiger partial charge on any atom is 0.352 e. The van der Waals surface area contributed by atoms with E-state index in [0.29, 0.717) is 22.4 Å². The van der Waals surface area contributed by atoms with Crippen molar-refractivity contribution >= 4 is 22.8 Å². The Morgan fingerprint density at radius 1 is 1.22 bits per heavy atom. The van der Waals surface area contributed by atoms with Crippen LogP contribution in [0.4, 0.5) is 0 Å². The van der Waals surface area contributed by atoms with E-state index in [2.05, 4.69) is 10.3 Å². The summed E-state index contributed by atoms with van der Waals surface area (Å²) in [5.41, 5.74) is 0.588. The fourth-order valence-corrected chi connectivity index (χ4v) is 1.87. The standard InChI is InChI=1S/C14H15NO5.C2H7N/c1-7(2)19-13-5-9(20-8(3)16)4-11-10(13)6-12(15-11)14(17)18;1-3-2/h4-7,15H,1-3H3,(H,17,18);3H,1-2H3. The molecule has 0 aliphatic heterocycles. The van der Waals surface area contributed by atoms with Gasteiger partial charge in [0.05, 0.1) is 11.6 Å². The van der Waals surface area contributed by atoms with Crippen LogP contribution in [0.25, 0.3) is 10.9 Å². The van der Waals surface area contributed by atoms with Gasteiger partial charge in [0, 0.05) is 24.4 Å². The first-order valence-corrected chi connectivity index (χ1v) is 7.12. The van der Waals surface area contributed by atoms with E-state index in [9.17, 15) is 9.59 Å². The summed E-state index contributed by atoms with van der Waals surface area (Å²) in [5.74, 6) is -0.743. The number of esters is 1. The van der Waals surface area contributed by atoms with Crippen LogP contribution in [0.5, 0.6) is 11.5 Å². The van der Waals surface area contributed by atoms with Crippen LogP contribution in [0.2, 0.25) is 0 Å². The smallest absolute Gasteiger partial charge is 0.352 e. The lowest BCUT2D eigenvalue weighted by atomic mass is 10.2. The van der Waals surface area contributed by atoms with Crippen molar-refractivity contribution in [1.82, 2.24) is 10.3 Å². The number of carbonyl (C=O) groups is 2. The van der Waals surface area contributed by atoms with Gasteiger partial charge in [-0.25, -0.2) is 4.79 Å². The average Bonchev–Trinajstić information content (AvgIpc) is 2.82. The number of hydrogen-bond donors (Lipinski definition) is 3. The number of fused-ring (bicyclic) bond motifs is 1. The Kier molecular flexibility index (Phi) is 6.59. The molecule has 23 heavy (non-hydrogen) atoms. The van der Waals surface area contributed by atoms with Crippen molar-refractivity contribution in [2.75, 3.05) is 14.1 Å². The number of aromatic amines is 1. The van der Waals surface area contributed by atoms with E-state index in [4.69, 9.17) is 14.6 Å². The quantitative estimate of drug-likeness (QED) is 0.590. The third-order valence-corrected chi connectivity index (χ3v) is 2.53. The van der Waals surface area contributed by atoms with Crippen molar-refractivity contribution < 1.29 is 24.2 Å². The number of aromatic carboxylic acids is 1. The molecular weight excluding hydrogens is 300 g/mol. The minimum absolute atomic E-state index is 0.0496. The van der Waals surface area contributed by atoms with Crippen LogP contribution in [0.1, 0.15) is 31.3 Å². The summed E-state index contributed by atoms with van der Waals surface area (Å²) in [4.78, 5) is 24.8. The number of carbonyl (C=O) groups excluding carboxylic acids is 1. The molecule has 0 radical (unpaired) electrons. The summed E-state index contributed by atoms with van der Waals surface area (Å²) >= 11 is 0. The van der Waals surface area contributed by atoms with Gasteiger partial charge >= 0.3 is 11.9 Å². The van der Waals surface area contributed by atoms with Crippen molar-refractivity contribution in [3.8, 4) is 11.5 Å². The molecule has 1 aromatic carbocycles. The largest absolute Gasteiger partial charge is 0.490 e. The Bertz CT molecular complexity index is 691. The SMILES string of the molecule is CC(=O)Oc1cc(OC(C)C)c2cc(C(=O)O)[nH]c2c1.CNC. The van der Waals surface area contributed by atoms with E-state index < -0.39 is 11.9 Å². The van der Waals surface area contributed by atoms with Crippen molar-refractivity contribution in [2.24, 2.45) is 0 Å². The summed E-state index contributed by atoms with van der Waals surface area (Å²) in [6, 6.07) is 4.63. The Hall–Kier alpha value is -2.54. The minimum atomic E-state index is -1.06. The Morgan fingerprint density at radius 2 is 1.83 bits per heavy atom. The van der Waals surface area contributed by atoms with Gasteiger partial charge in [0.1, 0.15) is 17.2 Å². The second kappa shape index (κ2) is 8.19. The van der Waals surface area contributed by atoms with E-state index in [1.54, 1.807) is 12.1 Å². The maximum atomic E-state index is 11.0. The molecule has 0 amide bonds.